The van der Waals surface area contributed by atoms with Gasteiger partial charge in [-0.25, -0.2) is 0 Å². The summed E-state index contributed by atoms with van der Waals surface area (Å²) in [6, 6.07) is 13.7. The average Bonchev–Trinajstić information content (AvgIpc) is 2.66. The molecule has 0 saturated carbocycles. The number of hydrogen-bond donors (Lipinski definition) is 1. The SMILES string of the molecule is Cl.O=C(CCCOc1ccccc1)N1CCNCC1c1cccnc1. The largest absolute Gasteiger partial charge is 0.494 e. The third-order valence-electron chi connectivity index (χ3n) is 4.18. The van der Waals surface area contributed by atoms with Gasteiger partial charge >= 0.3 is 0 Å². The second kappa shape index (κ2) is 10.0. The van der Waals surface area contributed by atoms with E-state index < -0.39 is 0 Å². The molecule has 3 rings (SSSR count). The topological polar surface area (TPSA) is 54.5 Å². The van der Waals surface area contributed by atoms with Crippen LogP contribution >= 0.6 is 12.4 Å². The Balaban J connectivity index is 0.00000225. The van der Waals surface area contributed by atoms with Crippen LogP contribution in [0.2, 0.25) is 0 Å². The van der Waals surface area contributed by atoms with E-state index in [-0.39, 0.29) is 24.4 Å². The number of para-hydroxylation sites is 1. The molecule has 1 aliphatic heterocycles. The molecule has 134 valence electrons. The number of nitrogens with zero attached hydrogens (tertiary/aromatic N) is 2. The van der Waals surface area contributed by atoms with Gasteiger partial charge in [0.15, 0.2) is 0 Å². The minimum Gasteiger partial charge on any atom is -0.494 e. The first-order chi connectivity index (χ1) is 11.8. The van der Waals surface area contributed by atoms with E-state index >= 15 is 0 Å². The molecule has 0 bridgehead atoms. The van der Waals surface area contributed by atoms with Gasteiger partial charge in [-0.2, -0.15) is 0 Å². The molecule has 1 unspecified atom stereocenters. The van der Waals surface area contributed by atoms with Crippen molar-refractivity contribution < 1.29 is 9.53 Å². The van der Waals surface area contributed by atoms with Crippen molar-refractivity contribution in [3.8, 4) is 5.75 Å². The quantitative estimate of drug-likeness (QED) is 0.804. The summed E-state index contributed by atoms with van der Waals surface area (Å²) in [6.07, 6.45) is 4.82. The lowest BCUT2D eigenvalue weighted by molar-refractivity contribution is -0.134. The van der Waals surface area contributed by atoms with Crippen molar-refractivity contribution in [1.82, 2.24) is 15.2 Å². The highest BCUT2D eigenvalue weighted by Crippen LogP contribution is 2.22. The van der Waals surface area contributed by atoms with Crippen molar-refractivity contribution >= 4 is 18.3 Å². The van der Waals surface area contributed by atoms with Crippen molar-refractivity contribution in [2.24, 2.45) is 0 Å². The summed E-state index contributed by atoms with van der Waals surface area (Å²) >= 11 is 0. The summed E-state index contributed by atoms with van der Waals surface area (Å²) in [5.74, 6) is 1.03. The number of rotatable bonds is 6. The Hall–Kier alpha value is -2.11. The molecule has 1 N–H and O–H groups in total. The van der Waals surface area contributed by atoms with E-state index in [0.29, 0.717) is 13.0 Å². The Morgan fingerprint density at radius 1 is 1.24 bits per heavy atom. The fourth-order valence-electron chi connectivity index (χ4n) is 2.95. The maximum Gasteiger partial charge on any atom is 0.223 e. The van der Waals surface area contributed by atoms with Crippen molar-refractivity contribution in [1.29, 1.82) is 0 Å². The molecule has 0 spiro atoms. The van der Waals surface area contributed by atoms with Gasteiger partial charge in [0.05, 0.1) is 12.6 Å². The van der Waals surface area contributed by atoms with E-state index in [2.05, 4.69) is 10.3 Å². The second-order valence-corrected chi connectivity index (χ2v) is 5.86. The molecule has 0 aliphatic carbocycles. The van der Waals surface area contributed by atoms with Crippen LogP contribution in [-0.4, -0.2) is 42.0 Å². The second-order valence-electron chi connectivity index (χ2n) is 5.86. The van der Waals surface area contributed by atoms with E-state index in [1.54, 1.807) is 6.20 Å². The van der Waals surface area contributed by atoms with Crippen LogP contribution in [0.3, 0.4) is 0 Å². The molecule has 1 aromatic heterocycles. The summed E-state index contributed by atoms with van der Waals surface area (Å²) in [5, 5.41) is 3.36. The van der Waals surface area contributed by atoms with Crippen molar-refractivity contribution in [3.05, 3.63) is 60.4 Å². The van der Waals surface area contributed by atoms with Gasteiger partial charge in [0.25, 0.3) is 0 Å². The zero-order valence-electron chi connectivity index (χ0n) is 14.1. The van der Waals surface area contributed by atoms with Gasteiger partial charge in [0.2, 0.25) is 5.91 Å². The summed E-state index contributed by atoms with van der Waals surface area (Å²) in [5.41, 5.74) is 1.08. The number of carbonyl (C=O) groups excluding carboxylic acids is 1. The highest BCUT2D eigenvalue weighted by molar-refractivity contribution is 5.85. The predicted molar refractivity (Wildman–Crippen MR) is 100.0 cm³/mol. The molecular formula is C19H24ClN3O2. The molecule has 25 heavy (non-hydrogen) atoms. The standard InChI is InChI=1S/C19H23N3O2.ClH/c23-19(9-5-13-24-17-7-2-1-3-8-17)22-12-11-21-15-18(22)16-6-4-10-20-14-16;/h1-4,6-8,10,14,18,21H,5,9,11-13,15H2;1H. The first-order valence-corrected chi connectivity index (χ1v) is 8.42. The summed E-state index contributed by atoms with van der Waals surface area (Å²) < 4.78 is 5.66. The smallest absolute Gasteiger partial charge is 0.223 e. The van der Waals surface area contributed by atoms with Gasteiger partial charge in [0.1, 0.15) is 5.75 Å². The number of aromatic nitrogens is 1. The number of amides is 1. The van der Waals surface area contributed by atoms with Gasteiger partial charge in [0, 0.05) is 38.4 Å². The number of benzene rings is 1. The number of piperazine rings is 1. The molecule has 1 atom stereocenters. The molecule has 1 saturated heterocycles. The number of hydrogen-bond acceptors (Lipinski definition) is 4. The monoisotopic (exact) mass is 361 g/mol. The summed E-state index contributed by atoms with van der Waals surface area (Å²) in [6.45, 7) is 2.90. The lowest BCUT2D eigenvalue weighted by Gasteiger charge is -2.36. The van der Waals surface area contributed by atoms with E-state index in [4.69, 9.17) is 4.74 Å². The van der Waals surface area contributed by atoms with Gasteiger partial charge in [-0.05, 0) is 30.2 Å². The van der Waals surface area contributed by atoms with E-state index in [1.165, 1.54) is 0 Å². The maximum absolute atomic E-state index is 12.6. The Morgan fingerprint density at radius 3 is 2.84 bits per heavy atom. The van der Waals surface area contributed by atoms with Crippen LogP contribution in [0.5, 0.6) is 5.75 Å². The van der Waals surface area contributed by atoms with Crippen LogP contribution < -0.4 is 10.1 Å². The molecule has 1 fully saturated rings. The van der Waals surface area contributed by atoms with Gasteiger partial charge in [-0.1, -0.05) is 24.3 Å². The molecule has 2 aromatic rings. The molecule has 0 radical (unpaired) electrons. The summed E-state index contributed by atoms with van der Waals surface area (Å²) in [7, 11) is 0. The zero-order chi connectivity index (χ0) is 16.6. The normalized spacial score (nSPS) is 16.8. The fourth-order valence-corrected chi connectivity index (χ4v) is 2.95. The molecule has 5 nitrogen and oxygen atoms in total. The number of ether oxygens (including phenoxy) is 1. The van der Waals surface area contributed by atoms with Crippen LogP contribution in [0, 0.1) is 0 Å². The van der Waals surface area contributed by atoms with Gasteiger partial charge in [-0.3, -0.25) is 9.78 Å². The lowest BCUT2D eigenvalue weighted by Crippen LogP contribution is -2.48. The zero-order valence-corrected chi connectivity index (χ0v) is 15.0. The highest BCUT2D eigenvalue weighted by atomic mass is 35.5. The van der Waals surface area contributed by atoms with Crippen LogP contribution in [0.25, 0.3) is 0 Å². The molecule has 1 amide bonds. The lowest BCUT2D eigenvalue weighted by atomic mass is 10.0. The average molecular weight is 362 g/mol. The Bertz CT molecular complexity index is 640. The molecule has 6 heteroatoms. The fraction of sp³-hybridized carbons (Fsp3) is 0.368. The molecule has 1 aromatic carbocycles. The predicted octanol–water partition coefficient (Wildman–Crippen LogP) is 2.84. The van der Waals surface area contributed by atoms with E-state index in [1.807, 2.05) is 53.6 Å². The Labute approximate surface area is 154 Å². The first-order valence-electron chi connectivity index (χ1n) is 8.42. The highest BCUT2D eigenvalue weighted by Gasteiger charge is 2.27. The van der Waals surface area contributed by atoms with Crippen LogP contribution in [0.1, 0.15) is 24.4 Å². The van der Waals surface area contributed by atoms with Crippen molar-refractivity contribution in [3.63, 3.8) is 0 Å². The van der Waals surface area contributed by atoms with E-state index in [9.17, 15) is 4.79 Å². The number of carbonyl (C=O) groups is 1. The number of nitrogens with one attached hydrogen (secondary N) is 1. The number of pyridine rings is 1. The van der Waals surface area contributed by atoms with E-state index in [0.717, 1.165) is 37.4 Å². The molecular weight excluding hydrogens is 338 g/mol. The van der Waals surface area contributed by atoms with Gasteiger partial charge < -0.3 is 15.0 Å². The third kappa shape index (κ3) is 5.44. The van der Waals surface area contributed by atoms with Crippen molar-refractivity contribution in [2.75, 3.05) is 26.2 Å². The Morgan fingerprint density at radius 2 is 2.08 bits per heavy atom. The van der Waals surface area contributed by atoms with Crippen molar-refractivity contribution in [2.45, 2.75) is 18.9 Å². The van der Waals surface area contributed by atoms with Crippen LogP contribution in [0.4, 0.5) is 0 Å². The number of halogens is 1. The van der Waals surface area contributed by atoms with Crippen LogP contribution in [0.15, 0.2) is 54.9 Å². The third-order valence-corrected chi connectivity index (χ3v) is 4.18. The minimum absolute atomic E-state index is 0. The van der Waals surface area contributed by atoms with Crippen LogP contribution in [-0.2, 0) is 4.79 Å². The summed E-state index contributed by atoms with van der Waals surface area (Å²) in [4.78, 5) is 18.8. The molecule has 1 aliphatic rings. The maximum atomic E-state index is 12.6. The Kier molecular flexibility index (Phi) is 7.70. The first kappa shape index (κ1) is 19.2. The van der Waals surface area contributed by atoms with Gasteiger partial charge in [-0.15, -0.1) is 12.4 Å². The molecule has 2 heterocycles. The minimum atomic E-state index is 0.